The van der Waals surface area contributed by atoms with Crippen LogP contribution in [0.1, 0.15) is 17.1 Å². The molecule has 0 saturated carbocycles. The van der Waals surface area contributed by atoms with Gasteiger partial charge in [-0.05, 0) is 61.0 Å². The Balaban J connectivity index is 1.78. The standard InChI is InChI=1S/C21H14ClFN4/c1-13-4-6-17(11-18(13)22)27-8-2-3-16(27)9-14(12-24)21-25-19-7-5-15(23)10-20(19)26-21/h2-11H,1H3,(H,25,26)/b14-9-. The maximum atomic E-state index is 13.4. The van der Waals surface area contributed by atoms with E-state index in [1.165, 1.54) is 12.1 Å². The van der Waals surface area contributed by atoms with Crippen molar-refractivity contribution in [2.24, 2.45) is 0 Å². The van der Waals surface area contributed by atoms with Crippen LogP contribution in [0.4, 0.5) is 4.39 Å². The monoisotopic (exact) mass is 376 g/mol. The Kier molecular flexibility index (Phi) is 4.27. The number of nitrogens with zero attached hydrogens (tertiary/aromatic N) is 3. The molecule has 0 aliphatic carbocycles. The zero-order valence-corrected chi connectivity index (χ0v) is 15.1. The van der Waals surface area contributed by atoms with Crippen molar-refractivity contribution in [2.75, 3.05) is 0 Å². The van der Waals surface area contributed by atoms with Gasteiger partial charge >= 0.3 is 0 Å². The molecule has 0 amide bonds. The number of aromatic nitrogens is 3. The summed E-state index contributed by atoms with van der Waals surface area (Å²) in [6, 6.07) is 16.0. The lowest BCUT2D eigenvalue weighted by Crippen LogP contribution is -1.96. The lowest BCUT2D eigenvalue weighted by atomic mass is 10.2. The fraction of sp³-hybridized carbons (Fsp3) is 0.0476. The lowest BCUT2D eigenvalue weighted by Gasteiger charge is -2.08. The van der Waals surface area contributed by atoms with Crippen molar-refractivity contribution >= 4 is 34.3 Å². The molecule has 0 aliphatic rings. The number of H-pyrrole nitrogens is 1. The predicted octanol–water partition coefficient (Wildman–Crippen LogP) is 5.52. The van der Waals surface area contributed by atoms with E-state index < -0.39 is 0 Å². The van der Waals surface area contributed by atoms with Gasteiger partial charge in [-0.3, -0.25) is 0 Å². The molecule has 4 rings (SSSR count). The van der Waals surface area contributed by atoms with Crippen molar-refractivity contribution in [1.82, 2.24) is 14.5 Å². The highest BCUT2D eigenvalue weighted by Crippen LogP contribution is 2.24. The first-order valence-corrected chi connectivity index (χ1v) is 8.64. The Bertz CT molecular complexity index is 1230. The molecule has 0 aliphatic heterocycles. The SMILES string of the molecule is Cc1ccc(-n2cccc2/C=C(/C#N)c2nc3ccc(F)cc3[nH]2)cc1Cl. The van der Waals surface area contributed by atoms with Crippen LogP contribution in [0.25, 0.3) is 28.4 Å². The van der Waals surface area contributed by atoms with Gasteiger partial charge in [0.05, 0.1) is 16.6 Å². The number of hydrogen-bond donors (Lipinski definition) is 1. The fourth-order valence-corrected chi connectivity index (χ4v) is 3.06. The molecule has 4 aromatic rings. The third-order valence-electron chi connectivity index (χ3n) is 4.33. The van der Waals surface area contributed by atoms with E-state index >= 15 is 0 Å². The van der Waals surface area contributed by atoms with Crippen LogP contribution in [0.15, 0.2) is 54.7 Å². The van der Waals surface area contributed by atoms with Crippen molar-refractivity contribution in [1.29, 1.82) is 5.26 Å². The Labute approximate surface area is 160 Å². The summed E-state index contributed by atoms with van der Waals surface area (Å²) in [7, 11) is 0. The Morgan fingerprint density at radius 2 is 2.11 bits per heavy atom. The van der Waals surface area contributed by atoms with E-state index in [1.807, 2.05) is 48.0 Å². The highest BCUT2D eigenvalue weighted by atomic mass is 35.5. The van der Waals surface area contributed by atoms with E-state index in [1.54, 1.807) is 12.1 Å². The van der Waals surface area contributed by atoms with E-state index in [0.29, 0.717) is 27.5 Å². The molecule has 0 unspecified atom stereocenters. The molecule has 0 atom stereocenters. The third-order valence-corrected chi connectivity index (χ3v) is 4.73. The zero-order valence-electron chi connectivity index (χ0n) is 14.4. The van der Waals surface area contributed by atoms with Gasteiger partial charge in [-0.2, -0.15) is 5.26 Å². The minimum absolute atomic E-state index is 0.352. The molecule has 2 heterocycles. The van der Waals surface area contributed by atoms with Gasteiger partial charge in [0.2, 0.25) is 0 Å². The largest absolute Gasteiger partial charge is 0.337 e. The quantitative estimate of drug-likeness (QED) is 0.479. The summed E-state index contributed by atoms with van der Waals surface area (Å²) >= 11 is 6.24. The second-order valence-corrected chi connectivity index (χ2v) is 6.56. The summed E-state index contributed by atoms with van der Waals surface area (Å²) in [5, 5.41) is 10.3. The van der Waals surface area contributed by atoms with Gasteiger partial charge in [0.15, 0.2) is 0 Å². The number of imidazole rings is 1. The van der Waals surface area contributed by atoms with Crippen LogP contribution in [-0.4, -0.2) is 14.5 Å². The van der Waals surface area contributed by atoms with Gasteiger partial charge in [0.1, 0.15) is 17.7 Å². The number of halogens is 2. The minimum atomic E-state index is -0.356. The third kappa shape index (κ3) is 3.23. The van der Waals surface area contributed by atoms with Gasteiger partial charge in [-0.15, -0.1) is 0 Å². The van der Waals surface area contributed by atoms with Crippen molar-refractivity contribution in [2.45, 2.75) is 6.92 Å². The Morgan fingerprint density at radius 1 is 1.26 bits per heavy atom. The van der Waals surface area contributed by atoms with Crippen LogP contribution in [-0.2, 0) is 0 Å². The lowest BCUT2D eigenvalue weighted by molar-refractivity contribution is 0.629. The topological polar surface area (TPSA) is 57.4 Å². The van der Waals surface area contributed by atoms with Crippen molar-refractivity contribution < 1.29 is 4.39 Å². The van der Waals surface area contributed by atoms with Crippen LogP contribution >= 0.6 is 11.6 Å². The Morgan fingerprint density at radius 3 is 2.89 bits per heavy atom. The average Bonchev–Trinajstić information content (AvgIpc) is 3.28. The number of rotatable bonds is 3. The molecule has 2 aromatic heterocycles. The summed E-state index contributed by atoms with van der Waals surface area (Å²) in [6.45, 7) is 1.95. The van der Waals surface area contributed by atoms with Crippen LogP contribution in [0, 0.1) is 24.1 Å². The molecule has 2 aromatic carbocycles. The van der Waals surface area contributed by atoms with Crippen molar-refractivity contribution in [3.63, 3.8) is 0 Å². The molecule has 4 nitrogen and oxygen atoms in total. The van der Waals surface area contributed by atoms with Crippen LogP contribution in [0.2, 0.25) is 5.02 Å². The maximum Gasteiger partial charge on any atom is 0.149 e. The van der Waals surface area contributed by atoms with E-state index in [0.717, 1.165) is 16.9 Å². The van der Waals surface area contributed by atoms with Crippen LogP contribution < -0.4 is 0 Å². The van der Waals surface area contributed by atoms with E-state index in [-0.39, 0.29) is 5.82 Å². The number of hydrogen-bond acceptors (Lipinski definition) is 2. The molecule has 132 valence electrons. The molecule has 0 saturated heterocycles. The molecular formula is C21H14ClFN4. The normalized spacial score (nSPS) is 11.7. The highest BCUT2D eigenvalue weighted by Gasteiger charge is 2.11. The van der Waals surface area contributed by atoms with E-state index in [2.05, 4.69) is 16.0 Å². The van der Waals surface area contributed by atoms with Crippen LogP contribution in [0.3, 0.4) is 0 Å². The van der Waals surface area contributed by atoms with Gasteiger partial charge in [0, 0.05) is 22.6 Å². The molecule has 0 spiro atoms. The summed E-state index contributed by atoms with van der Waals surface area (Å²) in [6.07, 6.45) is 3.64. The Hall–Kier alpha value is -3.36. The summed E-state index contributed by atoms with van der Waals surface area (Å²) in [5.74, 6) is 0.0399. The minimum Gasteiger partial charge on any atom is -0.337 e. The number of nitriles is 1. The van der Waals surface area contributed by atoms with Gasteiger partial charge in [-0.1, -0.05) is 17.7 Å². The first-order chi connectivity index (χ1) is 13.0. The highest BCUT2D eigenvalue weighted by molar-refractivity contribution is 6.31. The number of aryl methyl sites for hydroxylation is 1. The summed E-state index contributed by atoms with van der Waals surface area (Å²) in [5.41, 5.74) is 4.20. The van der Waals surface area contributed by atoms with E-state index in [4.69, 9.17) is 11.6 Å². The maximum absolute atomic E-state index is 13.4. The molecule has 0 fully saturated rings. The molecule has 6 heteroatoms. The number of nitrogens with one attached hydrogen (secondary N) is 1. The smallest absolute Gasteiger partial charge is 0.149 e. The van der Waals surface area contributed by atoms with Gasteiger partial charge in [0.25, 0.3) is 0 Å². The van der Waals surface area contributed by atoms with Crippen LogP contribution in [0.5, 0.6) is 0 Å². The van der Waals surface area contributed by atoms with E-state index in [9.17, 15) is 9.65 Å². The zero-order chi connectivity index (χ0) is 19.0. The molecule has 0 bridgehead atoms. The molecule has 1 N–H and O–H groups in total. The average molecular weight is 377 g/mol. The number of fused-ring (bicyclic) bond motifs is 1. The number of aromatic amines is 1. The second-order valence-electron chi connectivity index (χ2n) is 6.15. The predicted molar refractivity (Wildman–Crippen MR) is 105 cm³/mol. The molecular weight excluding hydrogens is 363 g/mol. The summed E-state index contributed by atoms with van der Waals surface area (Å²) < 4.78 is 15.3. The number of benzene rings is 2. The molecule has 0 radical (unpaired) electrons. The second kappa shape index (κ2) is 6.75. The van der Waals surface area contributed by atoms with Gasteiger partial charge in [-0.25, -0.2) is 9.37 Å². The molecule has 27 heavy (non-hydrogen) atoms. The van der Waals surface area contributed by atoms with Crippen molar-refractivity contribution in [3.8, 4) is 11.8 Å². The van der Waals surface area contributed by atoms with Gasteiger partial charge < -0.3 is 9.55 Å². The fourth-order valence-electron chi connectivity index (χ4n) is 2.89. The first-order valence-electron chi connectivity index (χ1n) is 8.26. The first kappa shape index (κ1) is 17.1. The number of allylic oxidation sites excluding steroid dienone is 1. The van der Waals surface area contributed by atoms with Crippen molar-refractivity contribution in [3.05, 3.63) is 82.6 Å². The summed E-state index contributed by atoms with van der Waals surface area (Å²) in [4.78, 5) is 7.39.